The van der Waals surface area contributed by atoms with E-state index in [1.165, 1.54) is 5.56 Å². The molecule has 0 saturated heterocycles. The minimum Gasteiger partial charge on any atom is -0.483 e. The average Bonchev–Trinajstić information content (AvgIpc) is 2.44. The van der Waals surface area contributed by atoms with Crippen LogP contribution in [0.5, 0.6) is 5.75 Å². The first-order valence-electron chi connectivity index (χ1n) is 7.44. The molecule has 1 amide bonds. The van der Waals surface area contributed by atoms with Crippen LogP contribution >= 0.6 is 0 Å². The van der Waals surface area contributed by atoms with Crippen LogP contribution in [0.15, 0.2) is 30.3 Å². The van der Waals surface area contributed by atoms with Gasteiger partial charge in [0.25, 0.3) is 5.91 Å². The number of rotatable bonds is 4. The Balaban J connectivity index is 2.03. The summed E-state index contributed by atoms with van der Waals surface area (Å²) in [6.07, 6.45) is 0. The Bertz CT molecular complexity index is 682. The Hall–Kier alpha value is -2.29. The summed E-state index contributed by atoms with van der Waals surface area (Å²) in [5.41, 5.74) is 6.35. The summed E-state index contributed by atoms with van der Waals surface area (Å²) < 4.78 is 5.64. The number of carbonyl (C=O) groups is 1. The summed E-state index contributed by atoms with van der Waals surface area (Å²) in [5.74, 6) is 0.614. The minimum absolute atomic E-state index is 0.0110. The Morgan fingerprint density at radius 3 is 2.18 bits per heavy atom. The number of aryl methyl sites for hydroxylation is 5. The predicted molar refractivity (Wildman–Crippen MR) is 90.7 cm³/mol. The molecular formula is C19H23NO2. The molecule has 3 nitrogen and oxygen atoms in total. The summed E-state index contributed by atoms with van der Waals surface area (Å²) in [5, 5.41) is 2.95. The first-order chi connectivity index (χ1) is 10.4. The molecule has 0 aromatic heterocycles. The highest BCUT2D eigenvalue weighted by atomic mass is 16.5. The van der Waals surface area contributed by atoms with Gasteiger partial charge in [-0.3, -0.25) is 4.79 Å². The van der Waals surface area contributed by atoms with Crippen molar-refractivity contribution in [3.63, 3.8) is 0 Å². The van der Waals surface area contributed by atoms with Gasteiger partial charge in [-0.25, -0.2) is 0 Å². The third-order valence-electron chi connectivity index (χ3n) is 3.64. The van der Waals surface area contributed by atoms with E-state index in [0.717, 1.165) is 33.7 Å². The Kier molecular flexibility index (Phi) is 4.86. The van der Waals surface area contributed by atoms with Gasteiger partial charge in [0.05, 0.1) is 0 Å². The van der Waals surface area contributed by atoms with Crippen LogP contribution < -0.4 is 10.1 Å². The van der Waals surface area contributed by atoms with Gasteiger partial charge < -0.3 is 10.1 Å². The number of nitrogens with one attached hydrogen (secondary N) is 1. The smallest absolute Gasteiger partial charge is 0.262 e. The van der Waals surface area contributed by atoms with Crippen LogP contribution in [0.1, 0.15) is 27.8 Å². The van der Waals surface area contributed by atoms with Crippen molar-refractivity contribution in [1.82, 2.24) is 0 Å². The topological polar surface area (TPSA) is 38.3 Å². The van der Waals surface area contributed by atoms with Gasteiger partial charge in [0, 0.05) is 5.69 Å². The van der Waals surface area contributed by atoms with Gasteiger partial charge in [-0.15, -0.1) is 0 Å². The molecule has 0 atom stereocenters. The lowest BCUT2D eigenvalue weighted by atomic mass is 10.1. The molecule has 2 aromatic rings. The lowest BCUT2D eigenvalue weighted by molar-refractivity contribution is -0.118. The third-order valence-corrected chi connectivity index (χ3v) is 3.64. The Labute approximate surface area is 132 Å². The van der Waals surface area contributed by atoms with Crippen molar-refractivity contribution in [2.45, 2.75) is 34.6 Å². The maximum absolute atomic E-state index is 12.1. The number of ether oxygens (including phenoxy) is 1. The first kappa shape index (κ1) is 16.1. The fraction of sp³-hybridized carbons (Fsp3) is 0.316. The molecule has 2 aromatic carbocycles. The molecule has 0 aliphatic carbocycles. The third kappa shape index (κ3) is 3.88. The fourth-order valence-corrected chi connectivity index (χ4v) is 2.56. The molecule has 0 fully saturated rings. The zero-order valence-electron chi connectivity index (χ0n) is 13.9. The van der Waals surface area contributed by atoms with Crippen molar-refractivity contribution in [1.29, 1.82) is 0 Å². The van der Waals surface area contributed by atoms with E-state index < -0.39 is 0 Å². The van der Waals surface area contributed by atoms with Gasteiger partial charge in [0.15, 0.2) is 6.61 Å². The minimum atomic E-state index is -0.143. The molecule has 2 rings (SSSR count). The highest BCUT2D eigenvalue weighted by Crippen LogP contribution is 2.22. The highest BCUT2D eigenvalue weighted by Gasteiger charge is 2.10. The van der Waals surface area contributed by atoms with Crippen LogP contribution in [0.4, 0.5) is 5.69 Å². The largest absolute Gasteiger partial charge is 0.483 e. The standard InChI is InChI=1S/C19H23NO2/c1-12-6-7-14(3)17(10-12)22-11-18(21)20-19-15(4)8-13(2)9-16(19)5/h6-10H,11H2,1-5H3,(H,20,21). The molecule has 0 aliphatic rings. The molecule has 0 radical (unpaired) electrons. The predicted octanol–water partition coefficient (Wildman–Crippen LogP) is 4.25. The molecule has 0 unspecified atom stereocenters. The molecule has 3 heteroatoms. The molecule has 116 valence electrons. The van der Waals surface area contributed by atoms with Crippen LogP contribution in [-0.4, -0.2) is 12.5 Å². The van der Waals surface area contributed by atoms with E-state index in [1.54, 1.807) is 0 Å². The van der Waals surface area contributed by atoms with E-state index in [1.807, 2.05) is 45.9 Å². The Morgan fingerprint density at radius 1 is 0.909 bits per heavy atom. The lowest BCUT2D eigenvalue weighted by Gasteiger charge is -2.14. The van der Waals surface area contributed by atoms with Crippen LogP contribution in [-0.2, 0) is 4.79 Å². The monoisotopic (exact) mass is 297 g/mol. The van der Waals surface area contributed by atoms with E-state index in [2.05, 4.69) is 24.4 Å². The quantitative estimate of drug-likeness (QED) is 0.916. The highest BCUT2D eigenvalue weighted by molar-refractivity contribution is 5.93. The second-order valence-electron chi connectivity index (χ2n) is 5.88. The molecule has 0 spiro atoms. The van der Waals surface area contributed by atoms with Crippen LogP contribution in [0.2, 0.25) is 0 Å². The summed E-state index contributed by atoms with van der Waals surface area (Å²) in [4.78, 5) is 12.1. The van der Waals surface area contributed by atoms with E-state index in [4.69, 9.17) is 4.74 Å². The van der Waals surface area contributed by atoms with Gasteiger partial charge >= 0.3 is 0 Å². The zero-order chi connectivity index (χ0) is 16.3. The van der Waals surface area contributed by atoms with Gasteiger partial charge in [-0.2, -0.15) is 0 Å². The number of hydrogen-bond donors (Lipinski definition) is 1. The van der Waals surface area contributed by atoms with Crippen molar-refractivity contribution >= 4 is 11.6 Å². The summed E-state index contributed by atoms with van der Waals surface area (Å²) >= 11 is 0. The van der Waals surface area contributed by atoms with E-state index >= 15 is 0 Å². The number of benzene rings is 2. The summed E-state index contributed by atoms with van der Waals surface area (Å²) in [6, 6.07) is 10.1. The van der Waals surface area contributed by atoms with Crippen molar-refractivity contribution in [2.24, 2.45) is 0 Å². The van der Waals surface area contributed by atoms with Crippen molar-refractivity contribution in [3.05, 3.63) is 58.1 Å². The number of hydrogen-bond acceptors (Lipinski definition) is 2. The fourth-order valence-electron chi connectivity index (χ4n) is 2.56. The molecule has 1 N–H and O–H groups in total. The zero-order valence-corrected chi connectivity index (χ0v) is 13.9. The number of carbonyl (C=O) groups excluding carboxylic acids is 1. The first-order valence-corrected chi connectivity index (χ1v) is 7.44. The van der Waals surface area contributed by atoms with E-state index in [9.17, 15) is 4.79 Å². The molecular weight excluding hydrogens is 274 g/mol. The van der Waals surface area contributed by atoms with Crippen LogP contribution in [0, 0.1) is 34.6 Å². The second-order valence-corrected chi connectivity index (χ2v) is 5.88. The molecule has 0 bridgehead atoms. The van der Waals surface area contributed by atoms with Gasteiger partial charge in [-0.1, -0.05) is 29.8 Å². The van der Waals surface area contributed by atoms with Gasteiger partial charge in [0.2, 0.25) is 0 Å². The number of anilines is 1. The van der Waals surface area contributed by atoms with Crippen LogP contribution in [0.25, 0.3) is 0 Å². The summed E-state index contributed by atoms with van der Waals surface area (Å²) in [7, 11) is 0. The maximum atomic E-state index is 12.1. The molecule has 0 heterocycles. The SMILES string of the molecule is Cc1cc(C)c(NC(=O)COc2cc(C)ccc2C)c(C)c1. The van der Waals surface area contributed by atoms with Crippen molar-refractivity contribution in [3.8, 4) is 5.75 Å². The van der Waals surface area contributed by atoms with Crippen molar-refractivity contribution in [2.75, 3.05) is 11.9 Å². The van der Waals surface area contributed by atoms with Gasteiger partial charge in [0.1, 0.15) is 5.75 Å². The average molecular weight is 297 g/mol. The van der Waals surface area contributed by atoms with Crippen LogP contribution in [0.3, 0.4) is 0 Å². The Morgan fingerprint density at radius 2 is 1.55 bits per heavy atom. The summed E-state index contributed by atoms with van der Waals surface area (Å²) in [6.45, 7) is 10.0. The second kappa shape index (κ2) is 6.65. The van der Waals surface area contributed by atoms with Gasteiger partial charge in [-0.05, 0) is 62.9 Å². The number of amides is 1. The maximum Gasteiger partial charge on any atom is 0.262 e. The molecule has 0 aliphatic heterocycles. The normalized spacial score (nSPS) is 10.4. The molecule has 22 heavy (non-hydrogen) atoms. The molecule has 0 saturated carbocycles. The van der Waals surface area contributed by atoms with E-state index in [0.29, 0.717) is 0 Å². The van der Waals surface area contributed by atoms with E-state index in [-0.39, 0.29) is 12.5 Å². The van der Waals surface area contributed by atoms with Crippen molar-refractivity contribution < 1.29 is 9.53 Å². The lowest BCUT2D eigenvalue weighted by Crippen LogP contribution is -2.21.